The molecule has 0 atom stereocenters. The lowest BCUT2D eigenvalue weighted by atomic mass is 10.0. The molecule has 4 heteroatoms. The quantitative estimate of drug-likeness (QED) is 0.755. The number of hydrogen-bond acceptors (Lipinski definition) is 4. The summed E-state index contributed by atoms with van der Waals surface area (Å²) in [4.78, 5) is 4.17. The molecular weight excluding hydrogens is 184 g/mol. The van der Waals surface area contributed by atoms with E-state index in [0.717, 1.165) is 18.7 Å². The maximum atomic E-state index is 8.81. The first kappa shape index (κ1) is 10.6. The maximum absolute atomic E-state index is 8.81. The van der Waals surface area contributed by atoms with Crippen LogP contribution < -0.4 is 5.32 Å². The third-order valence-corrected chi connectivity index (χ3v) is 2.60. The van der Waals surface area contributed by atoms with Gasteiger partial charge in [-0.25, -0.2) is 4.98 Å². The number of aliphatic hydroxyl groups excluding tert-OH is 1. The second-order valence-electron chi connectivity index (χ2n) is 3.69. The van der Waals surface area contributed by atoms with Crippen molar-refractivity contribution in [1.29, 1.82) is 0 Å². The van der Waals surface area contributed by atoms with E-state index in [1.54, 1.807) is 11.3 Å². The number of thiazole rings is 1. The predicted octanol–water partition coefficient (Wildman–Crippen LogP) is 1.39. The van der Waals surface area contributed by atoms with Gasteiger partial charge in [-0.1, -0.05) is 0 Å². The third-order valence-electron chi connectivity index (χ3n) is 1.97. The monoisotopic (exact) mass is 200 g/mol. The normalized spacial score (nSPS) is 11.9. The first-order valence-corrected chi connectivity index (χ1v) is 5.31. The van der Waals surface area contributed by atoms with Crippen molar-refractivity contribution in [2.24, 2.45) is 0 Å². The van der Waals surface area contributed by atoms with Gasteiger partial charge in [-0.05, 0) is 20.3 Å². The second-order valence-corrected chi connectivity index (χ2v) is 4.41. The Labute approximate surface area is 82.8 Å². The molecule has 0 aliphatic rings. The van der Waals surface area contributed by atoms with Crippen LogP contribution in [-0.2, 0) is 6.54 Å². The van der Waals surface area contributed by atoms with Crippen molar-refractivity contribution in [3.63, 3.8) is 0 Å². The van der Waals surface area contributed by atoms with Crippen molar-refractivity contribution in [1.82, 2.24) is 10.3 Å². The van der Waals surface area contributed by atoms with E-state index in [1.807, 2.05) is 10.9 Å². The summed E-state index contributed by atoms with van der Waals surface area (Å²) in [6.45, 7) is 5.15. The fraction of sp³-hybridized carbons (Fsp3) is 0.667. The zero-order valence-corrected chi connectivity index (χ0v) is 8.90. The molecule has 0 radical (unpaired) electrons. The molecule has 1 rings (SSSR count). The van der Waals surface area contributed by atoms with Gasteiger partial charge in [0.25, 0.3) is 0 Å². The van der Waals surface area contributed by atoms with Gasteiger partial charge in [-0.3, -0.25) is 0 Å². The lowest BCUT2D eigenvalue weighted by Crippen LogP contribution is -2.39. The van der Waals surface area contributed by atoms with Crippen LogP contribution in [-0.4, -0.2) is 22.2 Å². The van der Waals surface area contributed by atoms with Gasteiger partial charge >= 0.3 is 0 Å². The maximum Gasteiger partial charge on any atom is 0.0795 e. The molecule has 13 heavy (non-hydrogen) atoms. The predicted molar refractivity (Wildman–Crippen MR) is 54.7 cm³/mol. The van der Waals surface area contributed by atoms with Crippen LogP contribution in [0.15, 0.2) is 10.9 Å². The summed E-state index contributed by atoms with van der Waals surface area (Å²) < 4.78 is 0. The Balaban J connectivity index is 2.33. The molecule has 74 valence electrons. The fourth-order valence-electron chi connectivity index (χ4n) is 1.02. The Hall–Kier alpha value is -0.450. The van der Waals surface area contributed by atoms with Crippen LogP contribution in [0.3, 0.4) is 0 Å². The Morgan fingerprint density at radius 1 is 1.62 bits per heavy atom. The molecular formula is C9H16N2OS. The fourth-order valence-corrected chi connectivity index (χ4v) is 1.58. The lowest BCUT2D eigenvalue weighted by Gasteiger charge is -2.24. The van der Waals surface area contributed by atoms with E-state index in [9.17, 15) is 0 Å². The van der Waals surface area contributed by atoms with Gasteiger partial charge in [0.15, 0.2) is 0 Å². The SMILES string of the molecule is CC(C)(CCO)NCc1cscn1. The molecule has 0 bridgehead atoms. The highest BCUT2D eigenvalue weighted by atomic mass is 32.1. The van der Waals surface area contributed by atoms with Crippen LogP contribution in [0.5, 0.6) is 0 Å². The summed E-state index contributed by atoms with van der Waals surface area (Å²) in [6.07, 6.45) is 0.761. The van der Waals surface area contributed by atoms with E-state index in [4.69, 9.17) is 5.11 Å². The molecule has 0 saturated heterocycles. The van der Waals surface area contributed by atoms with Crippen molar-refractivity contribution in [2.75, 3.05) is 6.61 Å². The highest BCUT2D eigenvalue weighted by Gasteiger charge is 2.15. The molecule has 2 N–H and O–H groups in total. The zero-order valence-electron chi connectivity index (χ0n) is 8.08. The standard InChI is InChI=1S/C9H16N2OS/c1-9(2,3-4-12)11-5-8-6-13-7-10-8/h6-7,11-12H,3-5H2,1-2H3. The molecule has 1 heterocycles. The Bertz CT molecular complexity index is 234. The van der Waals surface area contributed by atoms with Gasteiger partial charge in [-0.2, -0.15) is 0 Å². The largest absolute Gasteiger partial charge is 0.396 e. The molecule has 0 aliphatic heterocycles. The summed E-state index contributed by atoms with van der Waals surface area (Å²) in [5, 5.41) is 14.2. The summed E-state index contributed by atoms with van der Waals surface area (Å²) in [6, 6.07) is 0. The lowest BCUT2D eigenvalue weighted by molar-refractivity contribution is 0.229. The van der Waals surface area contributed by atoms with E-state index < -0.39 is 0 Å². The van der Waals surface area contributed by atoms with Gasteiger partial charge in [-0.15, -0.1) is 11.3 Å². The molecule has 0 fully saturated rings. The highest BCUT2D eigenvalue weighted by molar-refractivity contribution is 7.07. The van der Waals surface area contributed by atoms with Crippen molar-refractivity contribution >= 4 is 11.3 Å². The van der Waals surface area contributed by atoms with Crippen LogP contribution in [0.1, 0.15) is 26.0 Å². The highest BCUT2D eigenvalue weighted by Crippen LogP contribution is 2.09. The van der Waals surface area contributed by atoms with Gasteiger partial charge in [0.1, 0.15) is 0 Å². The van der Waals surface area contributed by atoms with Crippen molar-refractivity contribution < 1.29 is 5.11 Å². The van der Waals surface area contributed by atoms with Gasteiger partial charge < -0.3 is 10.4 Å². The summed E-state index contributed by atoms with van der Waals surface area (Å²) >= 11 is 1.60. The van der Waals surface area contributed by atoms with Crippen LogP contribution in [0.2, 0.25) is 0 Å². The summed E-state index contributed by atoms with van der Waals surface area (Å²) in [5.74, 6) is 0. The molecule has 1 aromatic heterocycles. The number of aromatic nitrogens is 1. The topological polar surface area (TPSA) is 45.1 Å². The van der Waals surface area contributed by atoms with E-state index in [1.165, 1.54) is 0 Å². The van der Waals surface area contributed by atoms with Crippen LogP contribution >= 0.6 is 11.3 Å². The number of hydrogen-bond donors (Lipinski definition) is 2. The van der Waals surface area contributed by atoms with Crippen molar-refractivity contribution in [3.05, 3.63) is 16.6 Å². The smallest absolute Gasteiger partial charge is 0.0795 e. The minimum Gasteiger partial charge on any atom is -0.396 e. The van der Waals surface area contributed by atoms with Gasteiger partial charge in [0, 0.05) is 24.1 Å². The molecule has 0 aromatic carbocycles. The van der Waals surface area contributed by atoms with E-state index >= 15 is 0 Å². The number of rotatable bonds is 5. The molecule has 3 nitrogen and oxygen atoms in total. The van der Waals surface area contributed by atoms with E-state index in [2.05, 4.69) is 24.1 Å². The third kappa shape index (κ3) is 3.85. The Morgan fingerprint density at radius 3 is 2.92 bits per heavy atom. The summed E-state index contributed by atoms with van der Waals surface area (Å²) in [7, 11) is 0. The van der Waals surface area contributed by atoms with Crippen LogP contribution in [0.25, 0.3) is 0 Å². The molecule has 0 amide bonds. The average molecular weight is 200 g/mol. The van der Waals surface area contributed by atoms with Crippen LogP contribution in [0.4, 0.5) is 0 Å². The first-order valence-electron chi connectivity index (χ1n) is 4.37. The van der Waals surface area contributed by atoms with E-state index in [-0.39, 0.29) is 12.1 Å². The Morgan fingerprint density at radius 2 is 2.38 bits per heavy atom. The Kier molecular flexibility index (Phi) is 3.84. The molecule has 0 unspecified atom stereocenters. The molecule has 0 aliphatic carbocycles. The van der Waals surface area contributed by atoms with Gasteiger partial charge in [0.2, 0.25) is 0 Å². The first-order chi connectivity index (χ1) is 6.14. The molecule has 0 spiro atoms. The minimum absolute atomic E-state index is 0.0155. The van der Waals surface area contributed by atoms with E-state index in [0.29, 0.717) is 0 Å². The van der Waals surface area contributed by atoms with Crippen molar-refractivity contribution in [2.45, 2.75) is 32.4 Å². The minimum atomic E-state index is -0.0155. The summed E-state index contributed by atoms with van der Waals surface area (Å²) in [5.41, 5.74) is 2.88. The second kappa shape index (κ2) is 4.69. The average Bonchev–Trinajstić information content (AvgIpc) is 2.52. The number of nitrogens with zero attached hydrogens (tertiary/aromatic N) is 1. The molecule has 0 saturated carbocycles. The van der Waals surface area contributed by atoms with Crippen molar-refractivity contribution in [3.8, 4) is 0 Å². The number of nitrogens with one attached hydrogen (secondary N) is 1. The van der Waals surface area contributed by atoms with Crippen LogP contribution in [0, 0.1) is 0 Å². The van der Waals surface area contributed by atoms with Gasteiger partial charge in [0.05, 0.1) is 11.2 Å². The molecule has 1 aromatic rings. The number of aliphatic hydroxyl groups is 1. The zero-order chi connectivity index (χ0) is 9.73.